The van der Waals surface area contributed by atoms with Crippen molar-refractivity contribution in [2.45, 2.75) is 83.8 Å². The highest BCUT2D eigenvalue weighted by Crippen LogP contribution is 2.73. The van der Waals surface area contributed by atoms with Gasteiger partial charge in [0.2, 0.25) is 0 Å². The highest BCUT2D eigenvalue weighted by molar-refractivity contribution is 5.88. The molecule has 5 fully saturated rings. The molecule has 26 heavy (non-hydrogen) atoms. The summed E-state index contributed by atoms with van der Waals surface area (Å²) >= 11 is 0. The number of epoxide rings is 1. The van der Waals surface area contributed by atoms with Crippen LogP contribution in [0.3, 0.4) is 0 Å². The summed E-state index contributed by atoms with van der Waals surface area (Å²) in [6.07, 6.45) is 9.68. The Labute approximate surface area is 158 Å². The van der Waals surface area contributed by atoms with Gasteiger partial charge in [-0.1, -0.05) is 20.8 Å². The van der Waals surface area contributed by atoms with E-state index in [1.165, 1.54) is 32.1 Å². The van der Waals surface area contributed by atoms with Crippen LogP contribution in [0.4, 0.5) is 0 Å². The van der Waals surface area contributed by atoms with Crippen LogP contribution in [0.5, 0.6) is 0 Å². The minimum atomic E-state index is -0.0708. The molecule has 4 aliphatic carbocycles. The monoisotopic (exact) mass is 360 g/mol. The Kier molecular flexibility index (Phi) is 3.78. The zero-order chi connectivity index (χ0) is 18.3. The van der Waals surface area contributed by atoms with Gasteiger partial charge in [-0.2, -0.15) is 0 Å². The summed E-state index contributed by atoms with van der Waals surface area (Å²) in [4.78, 5) is 12.3. The normalized spacial score (nSPS) is 56.2. The molecule has 0 aromatic rings. The van der Waals surface area contributed by atoms with Crippen molar-refractivity contribution < 1.29 is 14.3 Å². The number of hydrogen-bond acceptors (Lipinski definition) is 3. The highest BCUT2D eigenvalue weighted by atomic mass is 16.6. The molecular formula is C23H36O3. The van der Waals surface area contributed by atoms with Crippen LogP contribution in [0.2, 0.25) is 0 Å². The van der Waals surface area contributed by atoms with Crippen LogP contribution in [0, 0.1) is 40.4 Å². The summed E-state index contributed by atoms with van der Waals surface area (Å²) in [5.74, 6) is 4.35. The van der Waals surface area contributed by atoms with Crippen LogP contribution in [-0.2, 0) is 14.3 Å². The smallest absolute Gasteiger partial charge is 0.164 e. The van der Waals surface area contributed by atoms with Gasteiger partial charge in [0.15, 0.2) is 5.78 Å². The molecule has 3 nitrogen and oxygen atoms in total. The number of ether oxygens (including phenoxy) is 2. The molecule has 3 unspecified atom stereocenters. The van der Waals surface area contributed by atoms with Crippen molar-refractivity contribution in [3.05, 3.63) is 0 Å². The van der Waals surface area contributed by atoms with Crippen LogP contribution in [0.15, 0.2) is 0 Å². The Morgan fingerprint density at radius 3 is 2.69 bits per heavy atom. The van der Waals surface area contributed by atoms with E-state index >= 15 is 0 Å². The van der Waals surface area contributed by atoms with Crippen LogP contribution in [0.1, 0.15) is 72.1 Å². The number of Topliss-reactive ketones (excluding diaryl/α,β-unsaturated/α-hetero) is 1. The van der Waals surface area contributed by atoms with Crippen LogP contribution < -0.4 is 0 Å². The second-order valence-electron chi connectivity index (χ2n) is 10.8. The molecule has 1 aliphatic heterocycles. The third-order valence-corrected chi connectivity index (χ3v) is 10.1. The molecule has 0 bridgehead atoms. The number of carbonyl (C=O) groups is 1. The zero-order valence-electron chi connectivity index (χ0n) is 17.1. The van der Waals surface area contributed by atoms with Gasteiger partial charge in [-0.05, 0) is 80.0 Å². The third-order valence-electron chi connectivity index (χ3n) is 10.1. The number of carbonyl (C=O) groups excluding carboxylic acids is 1. The molecule has 4 saturated carbocycles. The van der Waals surface area contributed by atoms with Crippen molar-refractivity contribution in [3.63, 3.8) is 0 Å². The van der Waals surface area contributed by atoms with Gasteiger partial charge in [0, 0.05) is 25.6 Å². The summed E-state index contributed by atoms with van der Waals surface area (Å²) < 4.78 is 11.7. The maximum atomic E-state index is 12.3. The second-order valence-corrected chi connectivity index (χ2v) is 10.8. The van der Waals surface area contributed by atoms with E-state index in [1.807, 2.05) is 7.11 Å². The fraction of sp³-hybridized carbons (Fsp3) is 0.957. The van der Waals surface area contributed by atoms with Gasteiger partial charge in [-0.15, -0.1) is 0 Å². The minimum Gasteiger partial charge on any atom is -0.384 e. The molecule has 0 amide bonds. The zero-order valence-corrected chi connectivity index (χ0v) is 17.1. The molecule has 0 aromatic carbocycles. The molecule has 5 rings (SSSR count). The SMILES string of the molecule is COCC(C)[C@H]1CC[C@H]2[C@@H]3CCC45OC4C(=O)CC[C@]5(C)[C@H]3CC[C@]12C. The van der Waals surface area contributed by atoms with Gasteiger partial charge >= 0.3 is 0 Å². The van der Waals surface area contributed by atoms with E-state index < -0.39 is 0 Å². The van der Waals surface area contributed by atoms with Crippen LogP contribution in [0.25, 0.3) is 0 Å². The maximum absolute atomic E-state index is 12.3. The van der Waals surface area contributed by atoms with Gasteiger partial charge in [0.25, 0.3) is 0 Å². The number of rotatable bonds is 3. The number of fused-ring (bicyclic) bond motifs is 4. The van der Waals surface area contributed by atoms with E-state index in [-0.39, 0.29) is 17.1 Å². The Bertz CT molecular complexity index is 617. The standard InChI is InChI=1S/C23H36O3/c1-14(13-25-4)16-5-6-17-15-7-12-23-20(26-23)19(24)9-11-22(23,3)18(15)8-10-21(16,17)2/h14-18,20H,5-13H2,1-4H3/t14?,15-,16+,17-,18-,20?,21+,22+,23?/m0/s1. The Balaban J connectivity index is 1.42. The Morgan fingerprint density at radius 1 is 1.12 bits per heavy atom. The van der Waals surface area contributed by atoms with E-state index in [2.05, 4.69) is 20.8 Å². The lowest BCUT2D eigenvalue weighted by molar-refractivity contribution is -0.132. The highest BCUT2D eigenvalue weighted by Gasteiger charge is 2.76. The maximum Gasteiger partial charge on any atom is 0.164 e. The van der Waals surface area contributed by atoms with Gasteiger partial charge in [-0.25, -0.2) is 0 Å². The van der Waals surface area contributed by atoms with Crippen LogP contribution in [-0.4, -0.2) is 31.2 Å². The lowest BCUT2D eigenvalue weighted by Gasteiger charge is -2.59. The molecule has 1 saturated heterocycles. The molecule has 0 aromatic heterocycles. The van der Waals surface area contributed by atoms with Gasteiger partial charge in [0.05, 0.1) is 0 Å². The van der Waals surface area contributed by atoms with Crippen molar-refractivity contribution >= 4 is 5.78 Å². The van der Waals surface area contributed by atoms with E-state index in [0.717, 1.165) is 49.5 Å². The molecule has 1 heterocycles. The summed E-state index contributed by atoms with van der Waals surface area (Å²) in [5.41, 5.74) is 0.666. The van der Waals surface area contributed by atoms with Crippen molar-refractivity contribution in [2.24, 2.45) is 40.4 Å². The predicted octanol–water partition coefficient (Wildman–Crippen LogP) is 4.63. The first-order valence-electron chi connectivity index (χ1n) is 11.1. The van der Waals surface area contributed by atoms with Crippen molar-refractivity contribution in [1.82, 2.24) is 0 Å². The van der Waals surface area contributed by atoms with E-state index in [4.69, 9.17) is 9.47 Å². The molecule has 0 radical (unpaired) electrons. The molecule has 9 atom stereocenters. The van der Waals surface area contributed by atoms with Crippen molar-refractivity contribution in [1.29, 1.82) is 0 Å². The molecule has 1 spiro atoms. The summed E-state index contributed by atoms with van der Waals surface area (Å²) in [5, 5.41) is 0. The Morgan fingerprint density at radius 2 is 1.92 bits per heavy atom. The van der Waals surface area contributed by atoms with Gasteiger partial charge in [-0.3, -0.25) is 4.79 Å². The lowest BCUT2D eigenvalue weighted by atomic mass is 9.44. The van der Waals surface area contributed by atoms with Crippen molar-refractivity contribution in [2.75, 3.05) is 13.7 Å². The fourth-order valence-corrected chi connectivity index (χ4v) is 8.85. The van der Waals surface area contributed by atoms with Gasteiger partial charge < -0.3 is 9.47 Å². The molecule has 146 valence electrons. The second kappa shape index (κ2) is 5.56. The molecule has 0 N–H and O–H groups in total. The predicted molar refractivity (Wildman–Crippen MR) is 101 cm³/mol. The first-order valence-corrected chi connectivity index (χ1v) is 11.1. The summed E-state index contributed by atoms with van der Waals surface area (Å²) in [7, 11) is 1.85. The van der Waals surface area contributed by atoms with E-state index in [9.17, 15) is 4.79 Å². The van der Waals surface area contributed by atoms with E-state index in [1.54, 1.807) is 0 Å². The number of ketones is 1. The third kappa shape index (κ3) is 2.00. The quantitative estimate of drug-likeness (QED) is 0.689. The first-order chi connectivity index (χ1) is 12.4. The van der Waals surface area contributed by atoms with E-state index in [0.29, 0.717) is 17.1 Å². The minimum absolute atomic E-state index is 0.0476. The number of hydrogen-bond donors (Lipinski definition) is 0. The molecular weight excluding hydrogens is 324 g/mol. The Hall–Kier alpha value is -0.410. The topological polar surface area (TPSA) is 38.8 Å². The average Bonchev–Trinajstić information content (AvgIpc) is 3.25. The average molecular weight is 361 g/mol. The van der Waals surface area contributed by atoms with Crippen LogP contribution >= 0.6 is 0 Å². The summed E-state index contributed by atoms with van der Waals surface area (Å²) in [6.45, 7) is 8.39. The van der Waals surface area contributed by atoms with Crippen molar-refractivity contribution in [3.8, 4) is 0 Å². The first kappa shape index (κ1) is 17.7. The fourth-order valence-electron chi connectivity index (χ4n) is 8.85. The van der Waals surface area contributed by atoms with Gasteiger partial charge in [0.1, 0.15) is 11.7 Å². The molecule has 3 heteroatoms. The largest absolute Gasteiger partial charge is 0.384 e. The number of methoxy groups -OCH3 is 1. The molecule has 5 aliphatic rings. The summed E-state index contributed by atoms with van der Waals surface area (Å²) in [6, 6.07) is 0. The lowest BCUT2D eigenvalue weighted by Crippen LogP contribution is -2.58.